The quantitative estimate of drug-likeness (QED) is 0.792. The van der Waals surface area contributed by atoms with Crippen molar-refractivity contribution in [2.45, 2.75) is 55.4 Å². The van der Waals surface area contributed by atoms with Crippen molar-refractivity contribution < 1.29 is 4.79 Å². The van der Waals surface area contributed by atoms with Gasteiger partial charge in [0.25, 0.3) is 0 Å². The summed E-state index contributed by atoms with van der Waals surface area (Å²) in [6.45, 7) is 20.8. The topological polar surface area (TPSA) is 23.6 Å². The third-order valence-electron chi connectivity index (χ3n) is 5.38. The van der Waals surface area contributed by atoms with E-state index in [0.717, 1.165) is 26.2 Å². The predicted octanol–water partition coefficient (Wildman–Crippen LogP) is 3.50. The van der Waals surface area contributed by atoms with Crippen LogP contribution in [0.2, 0.25) is 0 Å². The van der Waals surface area contributed by atoms with E-state index in [1.54, 1.807) is 0 Å². The van der Waals surface area contributed by atoms with Gasteiger partial charge in [-0.05, 0) is 18.4 Å². The third kappa shape index (κ3) is 3.97. The molecule has 0 radical (unpaired) electrons. The second kappa shape index (κ2) is 7.44. The number of nitrogens with zero attached hydrogens (tertiary/aromatic N) is 2. The standard InChI is InChI=1S/C15H30N2O.C2H6/c1-12(2)14(3,4)15(5,6)13(18)17-10-8-16(7)9-11-17;1-2/h12H,8-11H2,1-7H3;1-2H3. The molecule has 0 bridgehead atoms. The SMILES string of the molecule is CC.CC(C)C(C)(C)C(C)(C)C(=O)N1CCN(C)CC1. The van der Waals surface area contributed by atoms with Crippen LogP contribution in [0.3, 0.4) is 0 Å². The number of piperazine rings is 1. The average molecular weight is 284 g/mol. The molecule has 0 N–H and O–H groups in total. The minimum Gasteiger partial charge on any atom is -0.340 e. The van der Waals surface area contributed by atoms with Gasteiger partial charge in [-0.25, -0.2) is 0 Å². The normalized spacial score (nSPS) is 17.8. The molecule has 0 aromatic carbocycles. The maximum Gasteiger partial charge on any atom is 0.228 e. The molecule has 3 nitrogen and oxygen atoms in total. The van der Waals surface area contributed by atoms with Crippen molar-refractivity contribution in [1.82, 2.24) is 9.80 Å². The minimum absolute atomic E-state index is 0.00737. The highest BCUT2D eigenvalue weighted by atomic mass is 16.2. The molecule has 3 heteroatoms. The maximum absolute atomic E-state index is 12.8. The van der Waals surface area contributed by atoms with E-state index in [1.807, 2.05) is 18.7 Å². The van der Waals surface area contributed by atoms with Crippen LogP contribution < -0.4 is 0 Å². The number of carbonyl (C=O) groups excluding carboxylic acids is 1. The summed E-state index contributed by atoms with van der Waals surface area (Å²) in [5.74, 6) is 0.804. The molecule has 120 valence electrons. The molecule has 1 aliphatic heterocycles. The summed E-state index contributed by atoms with van der Waals surface area (Å²) in [5, 5.41) is 0. The molecule has 1 saturated heterocycles. The third-order valence-corrected chi connectivity index (χ3v) is 5.38. The van der Waals surface area contributed by atoms with E-state index in [2.05, 4.69) is 53.5 Å². The molecule has 1 amide bonds. The second-order valence-corrected chi connectivity index (χ2v) is 7.10. The van der Waals surface area contributed by atoms with E-state index in [-0.39, 0.29) is 10.8 Å². The Bertz CT molecular complexity index is 300. The van der Waals surface area contributed by atoms with E-state index in [4.69, 9.17) is 0 Å². The number of carbonyl (C=O) groups is 1. The van der Waals surface area contributed by atoms with Crippen LogP contribution >= 0.6 is 0 Å². The van der Waals surface area contributed by atoms with Crippen LogP contribution in [0.5, 0.6) is 0 Å². The molecule has 1 heterocycles. The van der Waals surface area contributed by atoms with Gasteiger partial charge in [0, 0.05) is 31.6 Å². The fourth-order valence-electron chi connectivity index (χ4n) is 2.40. The molecule has 1 rings (SSSR count). The van der Waals surface area contributed by atoms with Crippen LogP contribution in [0.25, 0.3) is 0 Å². The fourth-order valence-corrected chi connectivity index (χ4v) is 2.40. The molecule has 0 atom stereocenters. The highest BCUT2D eigenvalue weighted by Crippen LogP contribution is 2.45. The van der Waals surface area contributed by atoms with Gasteiger partial charge >= 0.3 is 0 Å². The summed E-state index contributed by atoms with van der Waals surface area (Å²) >= 11 is 0. The van der Waals surface area contributed by atoms with Gasteiger partial charge in [-0.2, -0.15) is 0 Å². The van der Waals surface area contributed by atoms with Crippen LogP contribution in [0.4, 0.5) is 0 Å². The molecule has 20 heavy (non-hydrogen) atoms. The van der Waals surface area contributed by atoms with E-state index in [9.17, 15) is 4.79 Å². The zero-order chi connectivity index (χ0) is 16.1. The first-order chi connectivity index (χ1) is 9.10. The van der Waals surface area contributed by atoms with Crippen molar-refractivity contribution in [1.29, 1.82) is 0 Å². The molecule has 0 spiro atoms. The van der Waals surface area contributed by atoms with Crippen LogP contribution in [0, 0.1) is 16.7 Å². The Hall–Kier alpha value is -0.570. The van der Waals surface area contributed by atoms with Gasteiger partial charge in [-0.1, -0.05) is 55.4 Å². The number of hydrogen-bond donors (Lipinski definition) is 0. The van der Waals surface area contributed by atoms with Gasteiger partial charge in [-0.3, -0.25) is 4.79 Å². The lowest BCUT2D eigenvalue weighted by Gasteiger charge is -2.47. The lowest BCUT2D eigenvalue weighted by Crippen LogP contribution is -2.55. The monoisotopic (exact) mass is 284 g/mol. The Morgan fingerprint density at radius 1 is 0.950 bits per heavy atom. The van der Waals surface area contributed by atoms with Crippen molar-refractivity contribution in [3.05, 3.63) is 0 Å². The number of amides is 1. The smallest absolute Gasteiger partial charge is 0.228 e. The zero-order valence-corrected chi connectivity index (χ0v) is 15.2. The zero-order valence-electron chi connectivity index (χ0n) is 15.2. The summed E-state index contributed by atoms with van der Waals surface area (Å²) < 4.78 is 0. The van der Waals surface area contributed by atoms with E-state index < -0.39 is 0 Å². The van der Waals surface area contributed by atoms with Gasteiger partial charge in [0.1, 0.15) is 0 Å². The molecule has 1 aliphatic rings. The number of hydrogen-bond acceptors (Lipinski definition) is 2. The van der Waals surface area contributed by atoms with Crippen LogP contribution in [-0.2, 0) is 4.79 Å². The number of likely N-dealkylation sites (N-methyl/N-ethyl adjacent to an activating group) is 1. The maximum atomic E-state index is 12.8. The largest absolute Gasteiger partial charge is 0.340 e. The molecular weight excluding hydrogens is 248 g/mol. The molecule has 1 fully saturated rings. The Kier molecular flexibility index (Phi) is 7.23. The van der Waals surface area contributed by atoms with Crippen molar-refractivity contribution in [3.8, 4) is 0 Å². The Labute approximate surface area is 126 Å². The predicted molar refractivity (Wildman–Crippen MR) is 87.8 cm³/mol. The van der Waals surface area contributed by atoms with Gasteiger partial charge in [0.15, 0.2) is 0 Å². The van der Waals surface area contributed by atoms with Gasteiger partial charge < -0.3 is 9.80 Å². The van der Waals surface area contributed by atoms with Crippen LogP contribution in [-0.4, -0.2) is 48.9 Å². The van der Waals surface area contributed by atoms with Gasteiger partial charge in [0.2, 0.25) is 5.91 Å². The first-order valence-electron chi connectivity index (χ1n) is 8.08. The molecule has 0 saturated carbocycles. The first kappa shape index (κ1) is 19.4. The lowest BCUT2D eigenvalue weighted by atomic mass is 9.61. The lowest BCUT2D eigenvalue weighted by molar-refractivity contribution is -0.150. The van der Waals surface area contributed by atoms with Gasteiger partial charge in [-0.15, -0.1) is 0 Å². The summed E-state index contributed by atoms with van der Waals surface area (Å²) in [6.07, 6.45) is 0. The first-order valence-corrected chi connectivity index (χ1v) is 8.08. The van der Waals surface area contributed by atoms with Crippen molar-refractivity contribution in [3.63, 3.8) is 0 Å². The Morgan fingerprint density at radius 2 is 1.35 bits per heavy atom. The van der Waals surface area contributed by atoms with Crippen molar-refractivity contribution in [2.75, 3.05) is 33.2 Å². The highest BCUT2D eigenvalue weighted by Gasteiger charge is 2.46. The van der Waals surface area contributed by atoms with Crippen LogP contribution in [0.15, 0.2) is 0 Å². The van der Waals surface area contributed by atoms with E-state index in [0.29, 0.717) is 11.8 Å². The average Bonchev–Trinajstić information content (AvgIpc) is 2.40. The van der Waals surface area contributed by atoms with Crippen molar-refractivity contribution >= 4 is 5.91 Å². The molecule has 0 unspecified atom stereocenters. The van der Waals surface area contributed by atoms with E-state index >= 15 is 0 Å². The molecular formula is C17H36N2O. The van der Waals surface area contributed by atoms with E-state index in [1.165, 1.54) is 0 Å². The fraction of sp³-hybridized carbons (Fsp3) is 0.941. The van der Waals surface area contributed by atoms with Gasteiger partial charge in [0.05, 0.1) is 0 Å². The Morgan fingerprint density at radius 3 is 1.70 bits per heavy atom. The van der Waals surface area contributed by atoms with Crippen molar-refractivity contribution in [2.24, 2.45) is 16.7 Å². The number of rotatable bonds is 3. The second-order valence-electron chi connectivity index (χ2n) is 7.10. The molecule has 0 aromatic rings. The summed E-state index contributed by atoms with van der Waals surface area (Å²) in [6, 6.07) is 0. The highest BCUT2D eigenvalue weighted by molar-refractivity contribution is 5.83. The molecule has 0 aliphatic carbocycles. The summed E-state index contributed by atoms with van der Waals surface area (Å²) in [5.41, 5.74) is -0.301. The Balaban J connectivity index is 0.00000172. The summed E-state index contributed by atoms with van der Waals surface area (Å²) in [4.78, 5) is 17.1. The molecule has 0 aromatic heterocycles. The van der Waals surface area contributed by atoms with Crippen LogP contribution in [0.1, 0.15) is 55.4 Å². The summed E-state index contributed by atoms with van der Waals surface area (Å²) in [7, 11) is 2.12. The minimum atomic E-state index is -0.308.